The molecule has 0 aliphatic heterocycles. The first-order valence-electron chi connectivity index (χ1n) is 5.96. The summed E-state index contributed by atoms with van der Waals surface area (Å²) in [4.78, 5) is 15.9. The lowest BCUT2D eigenvalue weighted by Gasteiger charge is -2.13. The third-order valence-corrected chi connectivity index (χ3v) is 2.75. The van der Waals surface area contributed by atoms with Crippen molar-refractivity contribution in [1.82, 2.24) is 4.98 Å². The van der Waals surface area contributed by atoms with Crippen molar-refractivity contribution in [3.63, 3.8) is 0 Å². The van der Waals surface area contributed by atoms with E-state index in [-0.39, 0.29) is 5.91 Å². The Hall–Kier alpha value is -2.40. The predicted molar refractivity (Wildman–Crippen MR) is 75.4 cm³/mol. The maximum absolute atomic E-state index is 11.9. The van der Waals surface area contributed by atoms with Gasteiger partial charge in [-0.15, -0.1) is 0 Å². The van der Waals surface area contributed by atoms with Crippen LogP contribution >= 0.6 is 0 Å². The van der Waals surface area contributed by atoms with Crippen molar-refractivity contribution in [3.8, 4) is 0 Å². The Morgan fingerprint density at radius 2 is 2.00 bits per heavy atom. The third-order valence-electron chi connectivity index (χ3n) is 2.75. The van der Waals surface area contributed by atoms with Gasteiger partial charge in [0.15, 0.2) is 0 Å². The fraction of sp³-hybridized carbons (Fsp3) is 0.143. The molecule has 0 aliphatic carbocycles. The quantitative estimate of drug-likeness (QED) is 0.765. The summed E-state index contributed by atoms with van der Waals surface area (Å²) < 4.78 is 0. The Kier molecular flexibility index (Phi) is 4.10. The second kappa shape index (κ2) is 5.97. The average molecular weight is 256 g/mol. The van der Waals surface area contributed by atoms with Gasteiger partial charge in [-0.05, 0) is 18.1 Å². The molecule has 1 aromatic heterocycles. The van der Waals surface area contributed by atoms with Gasteiger partial charge in [0.25, 0.3) is 0 Å². The smallest absolute Gasteiger partial charge is 0.241 e. The van der Waals surface area contributed by atoms with E-state index in [0.29, 0.717) is 17.8 Å². The molecule has 0 saturated heterocycles. The molecular weight excluding hydrogens is 240 g/mol. The normalized spacial score (nSPS) is 11.8. The lowest BCUT2D eigenvalue weighted by Crippen LogP contribution is -2.37. The average Bonchev–Trinajstić information content (AvgIpc) is 2.42. The van der Waals surface area contributed by atoms with Crippen molar-refractivity contribution < 1.29 is 4.79 Å². The van der Waals surface area contributed by atoms with Crippen LogP contribution in [0.2, 0.25) is 0 Å². The summed E-state index contributed by atoms with van der Waals surface area (Å²) in [5.41, 5.74) is 13.6. The molecule has 98 valence electrons. The van der Waals surface area contributed by atoms with Gasteiger partial charge in [-0.2, -0.15) is 0 Å². The van der Waals surface area contributed by atoms with Crippen molar-refractivity contribution in [1.29, 1.82) is 0 Å². The Bertz CT molecular complexity index is 556. The fourth-order valence-corrected chi connectivity index (χ4v) is 1.70. The van der Waals surface area contributed by atoms with Crippen LogP contribution in [0.5, 0.6) is 0 Å². The second-order valence-electron chi connectivity index (χ2n) is 4.25. The van der Waals surface area contributed by atoms with Crippen molar-refractivity contribution in [3.05, 3.63) is 54.4 Å². The number of hydrogen-bond acceptors (Lipinski definition) is 4. The van der Waals surface area contributed by atoms with Gasteiger partial charge in [-0.25, -0.2) is 0 Å². The Morgan fingerprint density at radius 1 is 1.26 bits per heavy atom. The molecule has 2 rings (SSSR count). The van der Waals surface area contributed by atoms with Gasteiger partial charge in [0.1, 0.15) is 0 Å². The minimum absolute atomic E-state index is 0.274. The van der Waals surface area contributed by atoms with Gasteiger partial charge in [-0.3, -0.25) is 9.78 Å². The molecule has 5 nitrogen and oxygen atoms in total. The molecule has 1 aromatic carbocycles. The topological polar surface area (TPSA) is 94.0 Å². The standard InChI is InChI=1S/C14H16N4O/c15-11-6-7-17-9-13(11)18-14(19)12(16)8-10-4-2-1-3-5-10/h1-7,9,12H,8,16H2,(H2,15,17)(H,18,19)/t12-/m0/s1. The number of nitrogens with zero attached hydrogens (tertiary/aromatic N) is 1. The van der Waals surface area contributed by atoms with E-state index in [1.807, 2.05) is 30.3 Å². The minimum Gasteiger partial charge on any atom is -0.397 e. The van der Waals surface area contributed by atoms with Gasteiger partial charge in [0, 0.05) is 6.20 Å². The molecular formula is C14H16N4O. The SMILES string of the molecule is Nc1ccncc1NC(=O)[C@@H](N)Cc1ccccc1. The van der Waals surface area contributed by atoms with Gasteiger partial charge >= 0.3 is 0 Å². The molecule has 0 radical (unpaired) electrons. The number of nitrogens with one attached hydrogen (secondary N) is 1. The zero-order chi connectivity index (χ0) is 13.7. The fourth-order valence-electron chi connectivity index (χ4n) is 1.70. The van der Waals surface area contributed by atoms with E-state index in [9.17, 15) is 4.79 Å². The Morgan fingerprint density at radius 3 is 2.68 bits per heavy atom. The first-order chi connectivity index (χ1) is 9.16. The first-order valence-corrected chi connectivity index (χ1v) is 5.96. The number of carbonyl (C=O) groups is 1. The van der Waals surface area contributed by atoms with Gasteiger partial charge in [0.05, 0.1) is 23.6 Å². The summed E-state index contributed by atoms with van der Waals surface area (Å²) in [5, 5.41) is 2.68. The molecule has 19 heavy (non-hydrogen) atoms. The number of aromatic nitrogens is 1. The lowest BCUT2D eigenvalue weighted by atomic mass is 10.1. The number of amides is 1. The molecule has 0 spiro atoms. The van der Waals surface area contributed by atoms with E-state index >= 15 is 0 Å². The van der Waals surface area contributed by atoms with Gasteiger partial charge in [-0.1, -0.05) is 30.3 Å². The number of nitrogen functional groups attached to an aromatic ring is 1. The molecule has 1 heterocycles. The highest BCUT2D eigenvalue weighted by atomic mass is 16.2. The van der Waals surface area contributed by atoms with Crippen LogP contribution < -0.4 is 16.8 Å². The van der Waals surface area contributed by atoms with Crippen LogP contribution in [0.4, 0.5) is 11.4 Å². The molecule has 5 heteroatoms. The minimum atomic E-state index is -0.623. The van der Waals surface area contributed by atoms with Crippen LogP contribution in [-0.4, -0.2) is 16.9 Å². The van der Waals surface area contributed by atoms with Crippen molar-refractivity contribution in [2.45, 2.75) is 12.5 Å². The van der Waals surface area contributed by atoms with Crippen LogP contribution in [0.1, 0.15) is 5.56 Å². The van der Waals surface area contributed by atoms with Crippen LogP contribution in [0.25, 0.3) is 0 Å². The van der Waals surface area contributed by atoms with E-state index < -0.39 is 6.04 Å². The monoisotopic (exact) mass is 256 g/mol. The highest BCUT2D eigenvalue weighted by molar-refractivity contribution is 5.97. The van der Waals surface area contributed by atoms with Crippen LogP contribution in [0.15, 0.2) is 48.8 Å². The molecule has 0 saturated carbocycles. The zero-order valence-corrected chi connectivity index (χ0v) is 10.4. The molecule has 0 aliphatic rings. The first kappa shape index (κ1) is 13.0. The summed E-state index contributed by atoms with van der Waals surface area (Å²) in [6.45, 7) is 0. The van der Waals surface area contributed by atoms with Crippen LogP contribution in [-0.2, 0) is 11.2 Å². The van der Waals surface area contributed by atoms with E-state index in [4.69, 9.17) is 11.5 Å². The summed E-state index contributed by atoms with van der Waals surface area (Å²) in [6.07, 6.45) is 3.55. The van der Waals surface area contributed by atoms with E-state index in [1.54, 1.807) is 12.3 Å². The number of carbonyl (C=O) groups excluding carboxylic acids is 1. The van der Waals surface area contributed by atoms with Crippen molar-refractivity contribution in [2.75, 3.05) is 11.1 Å². The highest BCUT2D eigenvalue weighted by Gasteiger charge is 2.15. The third kappa shape index (κ3) is 3.53. The van der Waals surface area contributed by atoms with Crippen molar-refractivity contribution in [2.24, 2.45) is 5.73 Å². The molecule has 0 bridgehead atoms. The summed E-state index contributed by atoms with van der Waals surface area (Å²) in [7, 11) is 0. The van der Waals surface area contributed by atoms with E-state index in [1.165, 1.54) is 6.20 Å². The van der Waals surface area contributed by atoms with Crippen LogP contribution in [0.3, 0.4) is 0 Å². The summed E-state index contributed by atoms with van der Waals surface area (Å²) in [5.74, 6) is -0.274. The number of pyridine rings is 1. The number of nitrogens with two attached hydrogens (primary N) is 2. The van der Waals surface area contributed by atoms with Gasteiger partial charge < -0.3 is 16.8 Å². The lowest BCUT2D eigenvalue weighted by molar-refractivity contribution is -0.117. The number of hydrogen-bond donors (Lipinski definition) is 3. The Labute approximate surface area is 111 Å². The number of benzene rings is 1. The molecule has 5 N–H and O–H groups in total. The summed E-state index contributed by atoms with van der Waals surface area (Å²) in [6, 6.07) is 10.6. The van der Waals surface area contributed by atoms with E-state index in [0.717, 1.165) is 5.56 Å². The molecule has 0 fully saturated rings. The van der Waals surface area contributed by atoms with Crippen LogP contribution in [0, 0.1) is 0 Å². The second-order valence-corrected chi connectivity index (χ2v) is 4.25. The highest BCUT2D eigenvalue weighted by Crippen LogP contribution is 2.15. The molecule has 0 unspecified atom stereocenters. The van der Waals surface area contributed by atoms with Crippen molar-refractivity contribution >= 4 is 17.3 Å². The maximum atomic E-state index is 11.9. The maximum Gasteiger partial charge on any atom is 0.241 e. The molecule has 1 atom stereocenters. The van der Waals surface area contributed by atoms with Gasteiger partial charge in [0.2, 0.25) is 5.91 Å². The Balaban J connectivity index is 1.99. The zero-order valence-electron chi connectivity index (χ0n) is 10.4. The van der Waals surface area contributed by atoms with E-state index in [2.05, 4.69) is 10.3 Å². The number of rotatable bonds is 4. The molecule has 1 amide bonds. The number of anilines is 2. The predicted octanol–water partition coefficient (Wildman–Crippen LogP) is 1.17. The largest absolute Gasteiger partial charge is 0.397 e. The molecule has 2 aromatic rings. The summed E-state index contributed by atoms with van der Waals surface area (Å²) >= 11 is 0.